The van der Waals surface area contributed by atoms with E-state index in [9.17, 15) is 9.90 Å². The Morgan fingerprint density at radius 3 is 2.57 bits per heavy atom. The molecule has 1 heterocycles. The normalized spacial score (nSPS) is 27.3. The van der Waals surface area contributed by atoms with Crippen LogP contribution in [0.5, 0.6) is 0 Å². The smallest absolute Gasteiger partial charge is 0.336 e. The van der Waals surface area contributed by atoms with Crippen molar-refractivity contribution in [1.29, 1.82) is 0 Å². The highest BCUT2D eigenvalue weighted by molar-refractivity contribution is 5.78. The molecule has 4 nitrogen and oxygen atoms in total. The fraction of sp³-hybridized carbons (Fsp3) is 0.900. The van der Waals surface area contributed by atoms with Gasteiger partial charge in [-0.15, -0.1) is 0 Å². The molecular weight excluding hydrogens is 184 g/mol. The first-order valence-corrected chi connectivity index (χ1v) is 5.03. The molecule has 0 aliphatic carbocycles. The van der Waals surface area contributed by atoms with Crippen LogP contribution in [0.2, 0.25) is 0 Å². The fourth-order valence-electron chi connectivity index (χ4n) is 1.98. The second-order valence-corrected chi connectivity index (χ2v) is 4.20. The monoisotopic (exact) mass is 202 g/mol. The number of hydrogen-bond acceptors (Lipinski definition) is 3. The molecule has 1 aliphatic rings. The van der Waals surface area contributed by atoms with Crippen molar-refractivity contribution in [1.82, 2.24) is 0 Å². The van der Waals surface area contributed by atoms with E-state index in [0.717, 1.165) is 12.8 Å². The molecule has 82 valence electrons. The molecule has 2 N–H and O–H groups in total. The molecule has 0 bridgehead atoms. The number of carbonyl (C=O) groups is 1. The first-order chi connectivity index (χ1) is 6.49. The Kier molecular flexibility index (Phi) is 3.50. The Bertz CT molecular complexity index is 208. The highest BCUT2D eigenvalue weighted by atomic mass is 16.5. The van der Waals surface area contributed by atoms with E-state index >= 15 is 0 Å². The van der Waals surface area contributed by atoms with Crippen molar-refractivity contribution in [3.05, 3.63) is 0 Å². The number of rotatable bonds is 3. The van der Waals surface area contributed by atoms with Crippen LogP contribution >= 0.6 is 0 Å². The predicted octanol–water partition coefficient (Wildman–Crippen LogP) is 0.885. The predicted molar refractivity (Wildman–Crippen MR) is 51.0 cm³/mol. The van der Waals surface area contributed by atoms with Crippen molar-refractivity contribution in [3.8, 4) is 0 Å². The largest absolute Gasteiger partial charge is 0.479 e. The molecule has 14 heavy (non-hydrogen) atoms. The van der Waals surface area contributed by atoms with Gasteiger partial charge in [0.25, 0.3) is 0 Å². The highest BCUT2D eigenvalue weighted by Gasteiger charge is 2.47. The minimum absolute atomic E-state index is 0.284. The lowest BCUT2D eigenvalue weighted by molar-refractivity contribution is -0.179. The van der Waals surface area contributed by atoms with E-state index in [-0.39, 0.29) is 11.8 Å². The first kappa shape index (κ1) is 11.5. The maximum absolute atomic E-state index is 11.1. The zero-order valence-electron chi connectivity index (χ0n) is 8.69. The number of carboxylic acids is 1. The van der Waals surface area contributed by atoms with Crippen molar-refractivity contribution in [2.45, 2.75) is 32.3 Å². The van der Waals surface area contributed by atoms with Crippen LogP contribution in [0.3, 0.4) is 0 Å². The number of carboxylic acid groups (broad SMARTS) is 1. The Morgan fingerprint density at radius 2 is 2.21 bits per heavy atom. The summed E-state index contributed by atoms with van der Waals surface area (Å²) in [6.07, 6.45) is 1.55. The standard InChI is InChI=1S/C10H18O4/c1-7(2)10(13,9(11)12)8-4-3-5-14-6-8/h7-8,13H,3-6H2,1-2H3,(H,11,12). The number of aliphatic carboxylic acids is 1. The lowest BCUT2D eigenvalue weighted by Gasteiger charge is -2.37. The molecule has 1 rings (SSSR count). The Balaban J connectivity index is 2.80. The van der Waals surface area contributed by atoms with E-state index < -0.39 is 11.6 Å². The second kappa shape index (κ2) is 4.28. The Labute approximate surface area is 83.9 Å². The van der Waals surface area contributed by atoms with Crippen LogP contribution in [0, 0.1) is 11.8 Å². The lowest BCUT2D eigenvalue weighted by atomic mass is 9.76. The summed E-state index contributed by atoms with van der Waals surface area (Å²) >= 11 is 0. The molecule has 0 aromatic rings. The molecule has 1 saturated heterocycles. The maximum atomic E-state index is 11.1. The zero-order chi connectivity index (χ0) is 10.8. The molecule has 0 radical (unpaired) electrons. The molecule has 0 aromatic carbocycles. The van der Waals surface area contributed by atoms with Gasteiger partial charge in [0.1, 0.15) is 0 Å². The van der Waals surface area contributed by atoms with Gasteiger partial charge in [-0.3, -0.25) is 0 Å². The molecule has 0 saturated carbocycles. The van der Waals surface area contributed by atoms with Crippen molar-refractivity contribution >= 4 is 5.97 Å². The van der Waals surface area contributed by atoms with Crippen molar-refractivity contribution in [3.63, 3.8) is 0 Å². The van der Waals surface area contributed by atoms with Gasteiger partial charge < -0.3 is 14.9 Å². The van der Waals surface area contributed by atoms with E-state index in [1.54, 1.807) is 13.8 Å². The number of hydrogen-bond donors (Lipinski definition) is 2. The van der Waals surface area contributed by atoms with Gasteiger partial charge in [-0.2, -0.15) is 0 Å². The van der Waals surface area contributed by atoms with E-state index in [2.05, 4.69) is 0 Å². The van der Waals surface area contributed by atoms with E-state index in [1.165, 1.54) is 0 Å². The van der Waals surface area contributed by atoms with Gasteiger partial charge in [0.15, 0.2) is 5.60 Å². The third-order valence-corrected chi connectivity index (χ3v) is 3.01. The lowest BCUT2D eigenvalue weighted by Crippen LogP contribution is -2.52. The van der Waals surface area contributed by atoms with Crippen LogP contribution < -0.4 is 0 Å². The van der Waals surface area contributed by atoms with Crippen LogP contribution in [-0.4, -0.2) is 35.0 Å². The average Bonchev–Trinajstić information content (AvgIpc) is 2.17. The molecule has 0 amide bonds. The van der Waals surface area contributed by atoms with Gasteiger partial charge in [-0.1, -0.05) is 13.8 Å². The Hall–Kier alpha value is -0.610. The summed E-state index contributed by atoms with van der Waals surface area (Å²) in [6, 6.07) is 0. The molecule has 2 unspecified atom stereocenters. The Morgan fingerprint density at radius 1 is 1.57 bits per heavy atom. The summed E-state index contributed by atoms with van der Waals surface area (Å²) in [4.78, 5) is 11.1. The van der Waals surface area contributed by atoms with Crippen molar-refractivity contribution < 1.29 is 19.7 Å². The first-order valence-electron chi connectivity index (χ1n) is 5.03. The third-order valence-electron chi connectivity index (χ3n) is 3.01. The molecule has 4 heteroatoms. The van der Waals surface area contributed by atoms with Crippen molar-refractivity contribution in [2.75, 3.05) is 13.2 Å². The minimum atomic E-state index is -1.64. The molecule has 1 aliphatic heterocycles. The molecule has 0 aromatic heterocycles. The summed E-state index contributed by atoms with van der Waals surface area (Å²) in [5, 5.41) is 19.2. The van der Waals surface area contributed by atoms with Crippen molar-refractivity contribution in [2.24, 2.45) is 11.8 Å². The maximum Gasteiger partial charge on any atom is 0.336 e. The van der Waals surface area contributed by atoms with Gasteiger partial charge in [0.05, 0.1) is 6.61 Å². The van der Waals surface area contributed by atoms with E-state index in [0.29, 0.717) is 13.2 Å². The summed E-state index contributed by atoms with van der Waals surface area (Å²) in [7, 11) is 0. The van der Waals surface area contributed by atoms with Crippen LogP contribution in [0.1, 0.15) is 26.7 Å². The molecule has 0 spiro atoms. The minimum Gasteiger partial charge on any atom is -0.479 e. The topological polar surface area (TPSA) is 66.8 Å². The van der Waals surface area contributed by atoms with Gasteiger partial charge >= 0.3 is 5.97 Å². The molecular formula is C10H18O4. The molecule has 1 fully saturated rings. The second-order valence-electron chi connectivity index (χ2n) is 4.20. The van der Waals surface area contributed by atoms with Crippen LogP contribution in [0.4, 0.5) is 0 Å². The summed E-state index contributed by atoms with van der Waals surface area (Å²) < 4.78 is 5.21. The van der Waals surface area contributed by atoms with E-state index in [4.69, 9.17) is 9.84 Å². The number of aliphatic hydroxyl groups is 1. The summed E-state index contributed by atoms with van der Waals surface area (Å²) in [5.41, 5.74) is -1.64. The van der Waals surface area contributed by atoms with Crippen LogP contribution in [0.15, 0.2) is 0 Å². The van der Waals surface area contributed by atoms with Crippen LogP contribution in [0.25, 0.3) is 0 Å². The SMILES string of the molecule is CC(C)C(O)(C(=O)O)C1CCCOC1. The van der Waals surface area contributed by atoms with Crippen LogP contribution in [-0.2, 0) is 9.53 Å². The van der Waals surface area contributed by atoms with Gasteiger partial charge in [-0.25, -0.2) is 4.79 Å². The summed E-state index contributed by atoms with van der Waals surface area (Å²) in [5.74, 6) is -1.72. The van der Waals surface area contributed by atoms with Gasteiger partial charge in [0.2, 0.25) is 0 Å². The van der Waals surface area contributed by atoms with E-state index in [1.807, 2.05) is 0 Å². The fourth-order valence-corrected chi connectivity index (χ4v) is 1.98. The van der Waals surface area contributed by atoms with Gasteiger partial charge in [0, 0.05) is 12.5 Å². The summed E-state index contributed by atoms with van der Waals surface area (Å²) in [6.45, 7) is 4.47. The highest BCUT2D eigenvalue weighted by Crippen LogP contribution is 2.32. The quantitative estimate of drug-likeness (QED) is 0.713. The average molecular weight is 202 g/mol. The zero-order valence-corrected chi connectivity index (χ0v) is 8.69. The molecule has 2 atom stereocenters. The number of ether oxygens (including phenoxy) is 1. The van der Waals surface area contributed by atoms with Gasteiger partial charge in [-0.05, 0) is 18.8 Å². The third kappa shape index (κ3) is 1.91.